The van der Waals surface area contributed by atoms with Crippen LogP contribution in [0.25, 0.3) is 21.5 Å². The Hall–Kier alpha value is -2.93. The second-order valence-electron chi connectivity index (χ2n) is 5.68. The Labute approximate surface area is 148 Å². The molecule has 124 valence electrons. The first-order valence-electron chi connectivity index (χ1n) is 7.75. The standard InChI is InChI=1S/C18H15N5OS/c1-10-6-13(24-18-16-17(21-8-22-18)23-9-25-16)4-5-14(10)15-11(2)19-7-20-12(15)3/h4-9H,1-3H3. The van der Waals surface area contributed by atoms with Crippen molar-refractivity contribution in [3.8, 4) is 22.8 Å². The molecule has 4 rings (SSSR count). The van der Waals surface area contributed by atoms with Crippen LogP contribution in [0.15, 0.2) is 36.4 Å². The fourth-order valence-corrected chi connectivity index (χ4v) is 3.48. The van der Waals surface area contributed by atoms with Crippen molar-refractivity contribution in [1.82, 2.24) is 24.9 Å². The lowest BCUT2D eigenvalue weighted by Crippen LogP contribution is -1.97. The van der Waals surface area contributed by atoms with Gasteiger partial charge in [0, 0.05) is 17.0 Å². The normalized spacial score (nSPS) is 11.0. The van der Waals surface area contributed by atoms with Gasteiger partial charge in [0.15, 0.2) is 5.65 Å². The zero-order chi connectivity index (χ0) is 17.4. The first kappa shape index (κ1) is 15.6. The molecule has 0 radical (unpaired) electrons. The summed E-state index contributed by atoms with van der Waals surface area (Å²) in [5.74, 6) is 1.25. The monoisotopic (exact) mass is 349 g/mol. The van der Waals surface area contributed by atoms with E-state index in [4.69, 9.17) is 4.74 Å². The van der Waals surface area contributed by atoms with Gasteiger partial charge in [-0.3, -0.25) is 0 Å². The molecular formula is C18H15N5OS. The molecule has 0 N–H and O–H groups in total. The van der Waals surface area contributed by atoms with Crippen molar-refractivity contribution in [2.24, 2.45) is 0 Å². The third-order valence-electron chi connectivity index (χ3n) is 4.01. The quantitative estimate of drug-likeness (QED) is 0.550. The van der Waals surface area contributed by atoms with Crippen LogP contribution in [0, 0.1) is 20.8 Å². The van der Waals surface area contributed by atoms with Gasteiger partial charge in [-0.05, 0) is 44.0 Å². The van der Waals surface area contributed by atoms with Crippen molar-refractivity contribution in [1.29, 1.82) is 0 Å². The van der Waals surface area contributed by atoms with Crippen LogP contribution in [-0.4, -0.2) is 24.9 Å². The maximum absolute atomic E-state index is 5.97. The molecule has 0 saturated heterocycles. The van der Waals surface area contributed by atoms with Crippen LogP contribution in [0.5, 0.6) is 11.6 Å². The third kappa shape index (κ3) is 2.83. The third-order valence-corrected chi connectivity index (χ3v) is 4.81. The lowest BCUT2D eigenvalue weighted by Gasteiger charge is -2.13. The lowest BCUT2D eigenvalue weighted by atomic mass is 9.98. The summed E-state index contributed by atoms with van der Waals surface area (Å²) in [5, 5.41) is 0. The number of fused-ring (bicyclic) bond motifs is 1. The topological polar surface area (TPSA) is 73.7 Å². The summed E-state index contributed by atoms with van der Waals surface area (Å²) in [6, 6.07) is 5.97. The molecule has 0 bridgehead atoms. The molecule has 0 saturated carbocycles. The lowest BCUT2D eigenvalue weighted by molar-refractivity contribution is 0.468. The molecule has 0 fully saturated rings. The van der Waals surface area contributed by atoms with E-state index >= 15 is 0 Å². The number of rotatable bonds is 3. The average molecular weight is 349 g/mol. The Balaban J connectivity index is 1.72. The highest BCUT2D eigenvalue weighted by atomic mass is 32.1. The highest BCUT2D eigenvalue weighted by Crippen LogP contribution is 2.33. The van der Waals surface area contributed by atoms with E-state index in [0.29, 0.717) is 11.5 Å². The van der Waals surface area contributed by atoms with E-state index in [9.17, 15) is 0 Å². The first-order chi connectivity index (χ1) is 12.1. The smallest absolute Gasteiger partial charge is 0.242 e. The highest BCUT2D eigenvalue weighted by molar-refractivity contribution is 7.17. The number of nitrogens with zero attached hydrogens (tertiary/aromatic N) is 5. The highest BCUT2D eigenvalue weighted by Gasteiger charge is 2.13. The van der Waals surface area contributed by atoms with E-state index in [1.807, 2.05) is 32.0 Å². The molecule has 4 aromatic rings. The van der Waals surface area contributed by atoms with E-state index in [1.165, 1.54) is 17.7 Å². The number of ether oxygens (including phenoxy) is 1. The van der Waals surface area contributed by atoms with E-state index in [0.717, 1.165) is 38.5 Å². The zero-order valence-electron chi connectivity index (χ0n) is 14.0. The molecule has 6 nitrogen and oxygen atoms in total. The van der Waals surface area contributed by atoms with Crippen molar-refractivity contribution in [3.63, 3.8) is 0 Å². The van der Waals surface area contributed by atoms with Crippen LogP contribution in [0.4, 0.5) is 0 Å². The van der Waals surface area contributed by atoms with Crippen molar-refractivity contribution >= 4 is 21.7 Å². The number of aryl methyl sites for hydroxylation is 3. The van der Waals surface area contributed by atoms with Crippen molar-refractivity contribution in [2.75, 3.05) is 0 Å². The van der Waals surface area contributed by atoms with Gasteiger partial charge in [-0.2, -0.15) is 0 Å². The number of benzene rings is 1. The second-order valence-corrected chi connectivity index (χ2v) is 6.54. The SMILES string of the molecule is Cc1cc(Oc2ncnc3ncsc23)ccc1-c1c(C)ncnc1C. The van der Waals surface area contributed by atoms with Crippen molar-refractivity contribution in [3.05, 3.63) is 53.3 Å². The van der Waals surface area contributed by atoms with E-state index in [2.05, 4.69) is 31.8 Å². The molecule has 0 aliphatic carbocycles. The van der Waals surface area contributed by atoms with Gasteiger partial charge in [0.2, 0.25) is 5.88 Å². The molecule has 7 heteroatoms. The maximum Gasteiger partial charge on any atom is 0.242 e. The molecule has 25 heavy (non-hydrogen) atoms. The van der Waals surface area contributed by atoms with Gasteiger partial charge < -0.3 is 4.74 Å². The van der Waals surface area contributed by atoms with Crippen LogP contribution in [0.3, 0.4) is 0 Å². The fraction of sp³-hybridized carbons (Fsp3) is 0.167. The Kier molecular flexibility index (Phi) is 3.85. The number of thiazole rings is 1. The summed E-state index contributed by atoms with van der Waals surface area (Å²) in [7, 11) is 0. The van der Waals surface area contributed by atoms with Crippen LogP contribution in [-0.2, 0) is 0 Å². The molecule has 3 heterocycles. The van der Waals surface area contributed by atoms with Gasteiger partial charge in [-0.25, -0.2) is 24.9 Å². The second kappa shape index (κ2) is 6.18. The van der Waals surface area contributed by atoms with Crippen LogP contribution < -0.4 is 4.74 Å². The zero-order valence-corrected chi connectivity index (χ0v) is 14.8. The van der Waals surface area contributed by atoms with Crippen LogP contribution in [0.2, 0.25) is 0 Å². The molecule has 0 spiro atoms. The molecule has 0 aliphatic heterocycles. The Morgan fingerprint density at radius 1 is 0.880 bits per heavy atom. The maximum atomic E-state index is 5.97. The predicted octanol–water partition coefficient (Wildman–Crippen LogP) is 4.26. The molecule has 0 amide bonds. The predicted molar refractivity (Wildman–Crippen MR) is 97.0 cm³/mol. The van der Waals surface area contributed by atoms with Gasteiger partial charge >= 0.3 is 0 Å². The minimum absolute atomic E-state index is 0.523. The van der Waals surface area contributed by atoms with Crippen LogP contribution in [0.1, 0.15) is 17.0 Å². The Morgan fingerprint density at radius 3 is 2.40 bits per heavy atom. The summed E-state index contributed by atoms with van der Waals surface area (Å²) >= 11 is 1.46. The average Bonchev–Trinajstić information content (AvgIpc) is 3.06. The molecule has 3 aromatic heterocycles. The van der Waals surface area contributed by atoms with Gasteiger partial charge in [-0.1, -0.05) is 6.07 Å². The van der Waals surface area contributed by atoms with Crippen molar-refractivity contribution in [2.45, 2.75) is 20.8 Å². The van der Waals surface area contributed by atoms with Gasteiger partial charge in [0.05, 0.1) is 5.51 Å². The molecular weight excluding hydrogens is 334 g/mol. The Bertz CT molecular complexity index is 1060. The molecule has 0 unspecified atom stereocenters. The summed E-state index contributed by atoms with van der Waals surface area (Å²) in [6.45, 7) is 6.04. The summed E-state index contributed by atoms with van der Waals surface area (Å²) < 4.78 is 6.81. The van der Waals surface area contributed by atoms with Crippen LogP contribution >= 0.6 is 11.3 Å². The van der Waals surface area contributed by atoms with Gasteiger partial charge in [0.1, 0.15) is 23.1 Å². The minimum atomic E-state index is 0.523. The molecule has 0 atom stereocenters. The van der Waals surface area contributed by atoms with E-state index < -0.39 is 0 Å². The summed E-state index contributed by atoms with van der Waals surface area (Å²) in [6.07, 6.45) is 3.06. The fourth-order valence-electron chi connectivity index (χ4n) is 2.82. The minimum Gasteiger partial charge on any atom is -0.437 e. The molecule has 1 aromatic carbocycles. The number of hydrogen-bond donors (Lipinski definition) is 0. The van der Waals surface area contributed by atoms with Gasteiger partial charge in [0.25, 0.3) is 0 Å². The largest absolute Gasteiger partial charge is 0.437 e. The van der Waals surface area contributed by atoms with Crippen molar-refractivity contribution < 1.29 is 4.74 Å². The first-order valence-corrected chi connectivity index (χ1v) is 8.62. The summed E-state index contributed by atoms with van der Waals surface area (Å²) in [5.41, 5.74) is 7.58. The summed E-state index contributed by atoms with van der Waals surface area (Å²) in [4.78, 5) is 21.2. The van der Waals surface area contributed by atoms with Gasteiger partial charge in [-0.15, -0.1) is 11.3 Å². The Morgan fingerprint density at radius 2 is 1.64 bits per heavy atom. The van der Waals surface area contributed by atoms with E-state index in [-0.39, 0.29) is 0 Å². The number of hydrogen-bond acceptors (Lipinski definition) is 7. The van der Waals surface area contributed by atoms with E-state index in [1.54, 1.807) is 11.8 Å². The molecule has 0 aliphatic rings. The number of aromatic nitrogens is 5.